The minimum Gasteiger partial charge on any atom is -0.478 e. The zero-order valence-electron chi connectivity index (χ0n) is 15.1. The Kier molecular flexibility index (Phi) is 6.11. The third kappa shape index (κ3) is 4.92. The second-order valence-corrected chi connectivity index (χ2v) is 6.23. The number of likely N-dealkylation sites (N-methyl/N-ethyl adjacent to an activating group) is 1. The Morgan fingerprint density at radius 1 is 1.08 bits per heavy atom. The molecule has 0 aromatic heterocycles. The minimum absolute atomic E-state index is 0.0361. The lowest BCUT2D eigenvalue weighted by atomic mass is 10.1. The van der Waals surface area contributed by atoms with Gasteiger partial charge in [-0.15, -0.1) is 0 Å². The number of carbonyl (C=O) groups is 3. The highest BCUT2D eigenvalue weighted by atomic mass is 16.4. The van der Waals surface area contributed by atoms with Crippen molar-refractivity contribution in [3.63, 3.8) is 0 Å². The first-order chi connectivity index (χ1) is 12.3. The molecule has 136 valence electrons. The van der Waals surface area contributed by atoms with Gasteiger partial charge in [-0.25, -0.2) is 4.79 Å². The summed E-state index contributed by atoms with van der Waals surface area (Å²) < 4.78 is 0. The number of carboxylic acids is 1. The number of carboxylic acid groups (broad SMARTS) is 1. The van der Waals surface area contributed by atoms with Crippen molar-refractivity contribution in [3.05, 3.63) is 64.7 Å². The van der Waals surface area contributed by atoms with Crippen molar-refractivity contribution in [3.8, 4) is 0 Å². The summed E-state index contributed by atoms with van der Waals surface area (Å²) in [5, 5.41) is 11.8. The van der Waals surface area contributed by atoms with Gasteiger partial charge in [0, 0.05) is 12.7 Å². The van der Waals surface area contributed by atoms with E-state index >= 15 is 0 Å². The van der Waals surface area contributed by atoms with Crippen LogP contribution in [0.5, 0.6) is 0 Å². The van der Waals surface area contributed by atoms with Gasteiger partial charge in [-0.3, -0.25) is 9.59 Å². The summed E-state index contributed by atoms with van der Waals surface area (Å²) in [6.45, 7) is 3.81. The van der Waals surface area contributed by atoms with E-state index in [4.69, 9.17) is 5.11 Å². The third-order valence-corrected chi connectivity index (χ3v) is 4.21. The second-order valence-electron chi connectivity index (χ2n) is 6.23. The SMILES string of the molecule is Cc1cccc(NC(=O)CN(C)C(=O)Cc2cccc(C(=O)O)c2)c1C. The van der Waals surface area contributed by atoms with Crippen LogP contribution in [-0.4, -0.2) is 41.4 Å². The summed E-state index contributed by atoms with van der Waals surface area (Å²) in [4.78, 5) is 36.8. The maximum Gasteiger partial charge on any atom is 0.335 e. The van der Waals surface area contributed by atoms with E-state index in [0.717, 1.165) is 16.8 Å². The van der Waals surface area contributed by atoms with Crippen molar-refractivity contribution in [1.29, 1.82) is 0 Å². The molecule has 0 saturated heterocycles. The molecule has 0 spiro atoms. The molecule has 2 aromatic carbocycles. The minimum atomic E-state index is -1.04. The number of amides is 2. The molecule has 26 heavy (non-hydrogen) atoms. The van der Waals surface area contributed by atoms with E-state index in [9.17, 15) is 14.4 Å². The maximum atomic E-state index is 12.3. The van der Waals surface area contributed by atoms with E-state index in [-0.39, 0.29) is 30.3 Å². The Labute approximate surface area is 152 Å². The highest BCUT2D eigenvalue weighted by Crippen LogP contribution is 2.17. The summed E-state index contributed by atoms with van der Waals surface area (Å²) in [5.41, 5.74) is 3.51. The first-order valence-electron chi connectivity index (χ1n) is 8.20. The normalized spacial score (nSPS) is 10.3. The van der Waals surface area contributed by atoms with E-state index in [1.807, 2.05) is 32.0 Å². The summed E-state index contributed by atoms with van der Waals surface area (Å²) in [5.74, 6) is -1.59. The van der Waals surface area contributed by atoms with Crippen molar-refractivity contribution in [2.45, 2.75) is 20.3 Å². The largest absolute Gasteiger partial charge is 0.478 e. The summed E-state index contributed by atoms with van der Waals surface area (Å²) in [6.07, 6.45) is 0.0361. The second kappa shape index (κ2) is 8.29. The van der Waals surface area contributed by atoms with Crippen LogP contribution >= 0.6 is 0 Å². The number of nitrogens with zero attached hydrogens (tertiary/aromatic N) is 1. The van der Waals surface area contributed by atoms with Gasteiger partial charge in [0.2, 0.25) is 11.8 Å². The van der Waals surface area contributed by atoms with Crippen LogP contribution in [0.2, 0.25) is 0 Å². The highest BCUT2D eigenvalue weighted by molar-refractivity contribution is 5.95. The van der Waals surface area contributed by atoms with E-state index in [1.165, 1.54) is 17.0 Å². The van der Waals surface area contributed by atoms with Crippen molar-refractivity contribution >= 4 is 23.5 Å². The predicted octanol–water partition coefficient (Wildman–Crippen LogP) is 2.64. The maximum absolute atomic E-state index is 12.3. The number of rotatable bonds is 6. The van der Waals surface area contributed by atoms with Crippen molar-refractivity contribution in [1.82, 2.24) is 4.90 Å². The number of aromatic carboxylic acids is 1. The summed E-state index contributed by atoms with van der Waals surface area (Å²) in [7, 11) is 1.55. The number of nitrogens with one attached hydrogen (secondary N) is 1. The molecule has 0 radical (unpaired) electrons. The van der Waals surface area contributed by atoms with Crippen LogP contribution in [0.4, 0.5) is 5.69 Å². The topological polar surface area (TPSA) is 86.7 Å². The monoisotopic (exact) mass is 354 g/mol. The fourth-order valence-electron chi connectivity index (χ4n) is 2.50. The van der Waals surface area contributed by atoms with Crippen LogP contribution in [-0.2, 0) is 16.0 Å². The molecule has 2 aromatic rings. The number of hydrogen-bond acceptors (Lipinski definition) is 3. The van der Waals surface area contributed by atoms with Crippen LogP contribution in [0, 0.1) is 13.8 Å². The first-order valence-corrected chi connectivity index (χ1v) is 8.20. The zero-order valence-corrected chi connectivity index (χ0v) is 15.1. The van der Waals surface area contributed by atoms with Gasteiger partial charge < -0.3 is 15.3 Å². The number of carbonyl (C=O) groups excluding carboxylic acids is 2. The molecule has 6 nitrogen and oxygen atoms in total. The van der Waals surface area contributed by atoms with Crippen LogP contribution in [0.3, 0.4) is 0 Å². The molecule has 0 fully saturated rings. The van der Waals surface area contributed by atoms with Crippen LogP contribution < -0.4 is 5.32 Å². The van der Waals surface area contributed by atoms with Crippen molar-refractivity contribution in [2.24, 2.45) is 0 Å². The first kappa shape index (κ1) is 19.2. The Hall–Kier alpha value is -3.15. The molecule has 0 atom stereocenters. The lowest BCUT2D eigenvalue weighted by molar-refractivity contribution is -0.132. The Morgan fingerprint density at radius 2 is 1.77 bits per heavy atom. The van der Waals surface area contributed by atoms with Gasteiger partial charge in [-0.1, -0.05) is 24.3 Å². The number of aryl methyl sites for hydroxylation is 1. The Bertz CT molecular complexity index is 845. The molecule has 2 amide bonds. The van der Waals surface area contributed by atoms with E-state index < -0.39 is 5.97 Å². The quantitative estimate of drug-likeness (QED) is 0.835. The highest BCUT2D eigenvalue weighted by Gasteiger charge is 2.15. The van der Waals surface area contributed by atoms with Gasteiger partial charge in [-0.05, 0) is 48.7 Å². The molecule has 0 aliphatic rings. The lowest BCUT2D eigenvalue weighted by Crippen LogP contribution is -2.36. The summed E-state index contributed by atoms with van der Waals surface area (Å²) >= 11 is 0. The molecule has 0 unspecified atom stereocenters. The molecule has 0 bridgehead atoms. The number of benzene rings is 2. The molecule has 0 heterocycles. The molecular weight excluding hydrogens is 332 g/mol. The summed E-state index contributed by atoms with van der Waals surface area (Å²) in [6, 6.07) is 11.9. The average molecular weight is 354 g/mol. The molecule has 2 N–H and O–H groups in total. The van der Waals surface area contributed by atoms with Gasteiger partial charge in [-0.2, -0.15) is 0 Å². The van der Waals surface area contributed by atoms with Gasteiger partial charge >= 0.3 is 5.97 Å². The predicted molar refractivity (Wildman–Crippen MR) is 99.3 cm³/mol. The van der Waals surface area contributed by atoms with E-state index in [1.54, 1.807) is 19.2 Å². The third-order valence-electron chi connectivity index (χ3n) is 4.21. The fourth-order valence-corrected chi connectivity index (χ4v) is 2.50. The standard InChI is InChI=1S/C20H22N2O4/c1-13-6-4-9-17(14(13)2)21-18(23)12-22(3)19(24)11-15-7-5-8-16(10-15)20(25)26/h4-10H,11-12H2,1-3H3,(H,21,23)(H,25,26). The van der Waals surface area contributed by atoms with E-state index in [0.29, 0.717) is 5.56 Å². The molecule has 0 aliphatic carbocycles. The molecule has 2 rings (SSSR count). The molecule has 0 saturated carbocycles. The smallest absolute Gasteiger partial charge is 0.335 e. The Morgan fingerprint density at radius 3 is 2.46 bits per heavy atom. The van der Waals surface area contributed by atoms with Crippen molar-refractivity contribution < 1.29 is 19.5 Å². The fraction of sp³-hybridized carbons (Fsp3) is 0.250. The van der Waals surface area contributed by atoms with Gasteiger partial charge in [0.15, 0.2) is 0 Å². The van der Waals surface area contributed by atoms with Crippen LogP contribution in [0.1, 0.15) is 27.0 Å². The van der Waals surface area contributed by atoms with Crippen LogP contribution in [0.25, 0.3) is 0 Å². The van der Waals surface area contributed by atoms with Crippen molar-refractivity contribution in [2.75, 3.05) is 18.9 Å². The zero-order chi connectivity index (χ0) is 19.3. The number of anilines is 1. The van der Waals surface area contributed by atoms with Gasteiger partial charge in [0.25, 0.3) is 0 Å². The Balaban J connectivity index is 1.96. The van der Waals surface area contributed by atoms with Gasteiger partial charge in [0.1, 0.15) is 0 Å². The van der Waals surface area contributed by atoms with Crippen LogP contribution in [0.15, 0.2) is 42.5 Å². The van der Waals surface area contributed by atoms with E-state index in [2.05, 4.69) is 5.32 Å². The van der Waals surface area contributed by atoms with Gasteiger partial charge in [0.05, 0.1) is 18.5 Å². The average Bonchev–Trinajstić information content (AvgIpc) is 2.59. The molecule has 6 heteroatoms. The lowest BCUT2D eigenvalue weighted by Gasteiger charge is -2.18. The molecular formula is C20H22N2O4. The number of hydrogen-bond donors (Lipinski definition) is 2. The molecule has 0 aliphatic heterocycles.